The van der Waals surface area contributed by atoms with Crippen LogP contribution in [0.3, 0.4) is 0 Å². The van der Waals surface area contributed by atoms with E-state index in [0.717, 1.165) is 5.56 Å². The van der Waals surface area contributed by atoms with Gasteiger partial charge in [-0.3, -0.25) is 0 Å². The predicted octanol–water partition coefficient (Wildman–Crippen LogP) is 0.346. The lowest BCUT2D eigenvalue weighted by Gasteiger charge is -2.25. The third kappa shape index (κ3) is 5.32. The summed E-state index contributed by atoms with van der Waals surface area (Å²) in [6.45, 7) is -0.0207. The van der Waals surface area contributed by atoms with E-state index in [-0.39, 0.29) is 6.61 Å². The van der Waals surface area contributed by atoms with Gasteiger partial charge in [0.1, 0.15) is 12.7 Å². The summed E-state index contributed by atoms with van der Waals surface area (Å²) in [6, 6.07) is 7.25. The average Bonchev–Trinajstić information content (AvgIpc) is 2.52. The molecule has 1 aromatic rings. The zero-order chi connectivity index (χ0) is 16.5. The van der Waals surface area contributed by atoms with Crippen LogP contribution < -0.4 is 5.32 Å². The van der Waals surface area contributed by atoms with Gasteiger partial charge in [-0.25, -0.2) is 9.59 Å². The van der Waals surface area contributed by atoms with Crippen LogP contribution >= 0.6 is 0 Å². The normalized spacial score (nSPS) is 13.5. The van der Waals surface area contributed by atoms with Crippen LogP contribution in [0.2, 0.25) is 0 Å². The molecular formula is C14H19NO7. The number of amides is 1. The maximum Gasteiger partial charge on any atom is 0.408 e. The minimum absolute atomic E-state index is 0.0207. The van der Waals surface area contributed by atoms with Gasteiger partial charge in [-0.2, -0.15) is 0 Å². The molecule has 1 amide bonds. The Morgan fingerprint density at radius 1 is 1.18 bits per heavy atom. The first-order valence-electron chi connectivity index (χ1n) is 6.43. The Morgan fingerprint density at radius 2 is 1.77 bits per heavy atom. The number of aliphatic hydroxyl groups excluding tert-OH is 1. The van der Waals surface area contributed by atoms with Gasteiger partial charge >= 0.3 is 12.1 Å². The molecule has 3 N–H and O–H groups in total. The number of hydrogen-bond acceptors (Lipinski definition) is 6. The van der Waals surface area contributed by atoms with Gasteiger partial charge in [-0.1, -0.05) is 30.3 Å². The number of carbonyl (C=O) groups is 2. The van der Waals surface area contributed by atoms with E-state index in [0.29, 0.717) is 0 Å². The summed E-state index contributed by atoms with van der Waals surface area (Å²) >= 11 is 0. The lowest BCUT2D eigenvalue weighted by atomic mass is 10.1. The molecule has 8 heteroatoms. The van der Waals surface area contributed by atoms with Gasteiger partial charge in [0.2, 0.25) is 0 Å². The van der Waals surface area contributed by atoms with Crippen molar-refractivity contribution in [1.82, 2.24) is 5.32 Å². The molecule has 0 heterocycles. The summed E-state index contributed by atoms with van der Waals surface area (Å²) in [5.74, 6) is -1.44. The topological polar surface area (TPSA) is 114 Å². The molecule has 0 bridgehead atoms. The van der Waals surface area contributed by atoms with Crippen LogP contribution in [0.25, 0.3) is 0 Å². The minimum atomic E-state index is -1.63. The fourth-order valence-electron chi connectivity index (χ4n) is 1.72. The van der Waals surface area contributed by atoms with Crippen LogP contribution in [0.4, 0.5) is 4.79 Å². The van der Waals surface area contributed by atoms with E-state index < -0.39 is 30.5 Å². The Bertz CT molecular complexity index is 475. The van der Waals surface area contributed by atoms with Crippen molar-refractivity contribution in [3.63, 3.8) is 0 Å². The fraction of sp³-hybridized carbons (Fsp3) is 0.429. The van der Waals surface area contributed by atoms with E-state index in [1.165, 1.54) is 14.2 Å². The molecule has 0 spiro atoms. The van der Waals surface area contributed by atoms with Crippen LogP contribution in [0.5, 0.6) is 0 Å². The summed E-state index contributed by atoms with van der Waals surface area (Å²) in [5.41, 5.74) is 0.747. The fourth-order valence-corrected chi connectivity index (χ4v) is 1.72. The first kappa shape index (κ1) is 17.9. The molecule has 8 nitrogen and oxygen atoms in total. The quantitative estimate of drug-likeness (QED) is 0.593. The molecule has 0 unspecified atom stereocenters. The monoisotopic (exact) mass is 313 g/mol. The third-order valence-corrected chi connectivity index (χ3v) is 2.84. The van der Waals surface area contributed by atoms with Crippen LogP contribution in [-0.4, -0.2) is 54.9 Å². The molecule has 22 heavy (non-hydrogen) atoms. The van der Waals surface area contributed by atoms with Crippen LogP contribution in [0.15, 0.2) is 30.3 Å². The first-order chi connectivity index (χ1) is 10.5. The second-order valence-corrected chi connectivity index (χ2v) is 4.35. The van der Waals surface area contributed by atoms with E-state index in [4.69, 9.17) is 19.3 Å². The number of hydrogen-bond donors (Lipinski definition) is 3. The number of aliphatic carboxylic acids is 1. The molecule has 0 radical (unpaired) electrons. The highest BCUT2D eigenvalue weighted by Gasteiger charge is 2.35. The van der Waals surface area contributed by atoms with Crippen molar-refractivity contribution in [3.05, 3.63) is 35.9 Å². The van der Waals surface area contributed by atoms with Crippen molar-refractivity contribution >= 4 is 12.1 Å². The number of aliphatic hydroxyl groups is 1. The summed E-state index contributed by atoms with van der Waals surface area (Å²) in [7, 11) is 2.48. The zero-order valence-corrected chi connectivity index (χ0v) is 12.3. The summed E-state index contributed by atoms with van der Waals surface area (Å²) < 4.78 is 14.5. The molecule has 0 aliphatic rings. The number of carboxylic acid groups (broad SMARTS) is 1. The smallest absolute Gasteiger partial charge is 0.408 e. The SMILES string of the molecule is COC(OC)[C@H](O)[C@@H](NC(=O)OCc1ccccc1)C(=O)O. The number of benzene rings is 1. The Morgan fingerprint density at radius 3 is 2.27 bits per heavy atom. The summed E-state index contributed by atoms with van der Waals surface area (Å²) in [6.07, 6.45) is -3.77. The predicted molar refractivity (Wildman–Crippen MR) is 75.0 cm³/mol. The molecule has 0 saturated heterocycles. The van der Waals surface area contributed by atoms with Crippen LogP contribution in [0, 0.1) is 0 Å². The van der Waals surface area contributed by atoms with Crippen LogP contribution in [-0.2, 0) is 25.6 Å². The highest BCUT2D eigenvalue weighted by Crippen LogP contribution is 2.06. The molecule has 1 rings (SSSR count). The average molecular weight is 313 g/mol. The number of ether oxygens (including phenoxy) is 3. The maximum atomic E-state index is 11.6. The van der Waals surface area contributed by atoms with Gasteiger partial charge in [0.05, 0.1) is 0 Å². The molecule has 0 aliphatic carbocycles. The molecular weight excluding hydrogens is 294 g/mol. The van der Waals surface area contributed by atoms with E-state index in [2.05, 4.69) is 5.32 Å². The van der Waals surface area contributed by atoms with Gasteiger partial charge in [-0.05, 0) is 5.56 Å². The molecule has 1 aromatic carbocycles. The Hall–Kier alpha value is -2.16. The van der Waals surface area contributed by atoms with Crippen LogP contribution in [0.1, 0.15) is 5.56 Å². The van der Waals surface area contributed by atoms with E-state index in [1.807, 2.05) is 6.07 Å². The van der Waals surface area contributed by atoms with Gasteiger partial charge in [0.25, 0.3) is 0 Å². The minimum Gasteiger partial charge on any atom is -0.480 e. The summed E-state index contributed by atoms with van der Waals surface area (Å²) in [4.78, 5) is 22.8. The molecule has 2 atom stereocenters. The van der Waals surface area contributed by atoms with E-state index >= 15 is 0 Å². The number of nitrogens with one attached hydrogen (secondary N) is 1. The third-order valence-electron chi connectivity index (χ3n) is 2.84. The van der Waals surface area contributed by atoms with Crippen molar-refractivity contribution in [1.29, 1.82) is 0 Å². The first-order valence-corrected chi connectivity index (χ1v) is 6.43. The second kappa shape index (κ2) is 8.98. The summed E-state index contributed by atoms with van der Waals surface area (Å²) in [5, 5.41) is 21.0. The van der Waals surface area contributed by atoms with Crippen molar-refractivity contribution in [3.8, 4) is 0 Å². The standard InChI is InChI=1S/C14H19NO7/c1-20-13(21-2)11(16)10(12(17)18)15-14(19)22-8-9-6-4-3-5-7-9/h3-7,10-11,13,16H,8H2,1-2H3,(H,15,19)(H,17,18)/t10-,11-/m1/s1. The number of alkyl carbamates (subject to hydrolysis) is 1. The van der Waals surface area contributed by atoms with Gasteiger partial charge in [-0.15, -0.1) is 0 Å². The highest BCUT2D eigenvalue weighted by atomic mass is 16.7. The number of rotatable bonds is 8. The largest absolute Gasteiger partial charge is 0.480 e. The van der Waals surface area contributed by atoms with Crippen molar-refractivity contribution in [2.45, 2.75) is 25.0 Å². The maximum absolute atomic E-state index is 11.6. The van der Waals surface area contributed by atoms with Crippen molar-refractivity contribution in [2.24, 2.45) is 0 Å². The Labute approximate surface area is 127 Å². The zero-order valence-electron chi connectivity index (χ0n) is 12.3. The molecule has 0 fully saturated rings. The van der Waals surface area contributed by atoms with Gasteiger partial charge in [0, 0.05) is 14.2 Å². The Kier molecular flexibility index (Phi) is 7.30. The second-order valence-electron chi connectivity index (χ2n) is 4.35. The van der Waals surface area contributed by atoms with Crippen molar-refractivity contribution < 1.29 is 34.0 Å². The molecule has 0 aromatic heterocycles. The highest BCUT2D eigenvalue weighted by molar-refractivity contribution is 5.80. The lowest BCUT2D eigenvalue weighted by Crippen LogP contribution is -2.54. The number of carbonyl (C=O) groups excluding carboxylic acids is 1. The van der Waals surface area contributed by atoms with Gasteiger partial charge < -0.3 is 29.7 Å². The van der Waals surface area contributed by atoms with E-state index in [9.17, 15) is 14.7 Å². The molecule has 0 aliphatic heterocycles. The number of methoxy groups -OCH3 is 2. The Balaban J connectivity index is 2.59. The molecule has 0 saturated carbocycles. The van der Waals surface area contributed by atoms with Gasteiger partial charge in [0.15, 0.2) is 12.3 Å². The van der Waals surface area contributed by atoms with E-state index in [1.54, 1.807) is 24.3 Å². The lowest BCUT2D eigenvalue weighted by molar-refractivity contribution is -0.180. The van der Waals surface area contributed by atoms with Crippen molar-refractivity contribution in [2.75, 3.05) is 14.2 Å². The number of carboxylic acids is 1. The molecule has 122 valence electrons.